The van der Waals surface area contributed by atoms with E-state index in [1.165, 1.54) is 51.6 Å². The van der Waals surface area contributed by atoms with Gasteiger partial charge in [-0.1, -0.05) is 12.8 Å². The number of ether oxygens (including phenoxy) is 2. The Labute approximate surface area is 182 Å². The van der Waals surface area contributed by atoms with E-state index < -0.39 is 0 Å². The maximum Gasteiger partial charge on any atom is 0.191 e. The number of aliphatic imine (C=N–C) groups is 1. The zero-order valence-electron chi connectivity index (χ0n) is 17.0. The Morgan fingerprint density at radius 1 is 1.15 bits per heavy atom. The Morgan fingerprint density at radius 2 is 1.93 bits per heavy atom. The first-order valence-corrected chi connectivity index (χ1v) is 10.7. The lowest BCUT2D eigenvalue weighted by molar-refractivity contribution is 0.0888. The molecule has 0 spiro atoms. The third-order valence-electron chi connectivity index (χ3n) is 6.07. The first-order valence-electron chi connectivity index (χ1n) is 10.7. The summed E-state index contributed by atoms with van der Waals surface area (Å²) in [6.07, 6.45) is 10.3. The number of halogens is 1. The van der Waals surface area contributed by atoms with Crippen LogP contribution in [0, 0.1) is 5.92 Å². The summed E-state index contributed by atoms with van der Waals surface area (Å²) in [5.74, 6) is 1.54. The van der Waals surface area contributed by atoms with Crippen LogP contribution in [0.4, 0.5) is 0 Å². The Balaban J connectivity index is 0.00000261. The second-order valence-electron chi connectivity index (χ2n) is 8.05. The summed E-state index contributed by atoms with van der Waals surface area (Å²) in [6, 6.07) is 1.42. The lowest BCUT2D eigenvalue weighted by Crippen LogP contribution is -2.50. The fraction of sp³-hybridized carbons (Fsp3) is 0.950. The van der Waals surface area contributed by atoms with Crippen LogP contribution in [0.1, 0.15) is 51.4 Å². The largest absolute Gasteiger partial charge is 0.381 e. The van der Waals surface area contributed by atoms with Gasteiger partial charge in [0.05, 0.1) is 13.2 Å². The van der Waals surface area contributed by atoms with Gasteiger partial charge in [-0.2, -0.15) is 0 Å². The molecule has 2 heterocycles. The summed E-state index contributed by atoms with van der Waals surface area (Å²) in [7, 11) is 1.86. The Kier molecular flexibility index (Phi) is 11.3. The second kappa shape index (κ2) is 13.2. The van der Waals surface area contributed by atoms with Gasteiger partial charge in [0.1, 0.15) is 0 Å². The highest BCUT2D eigenvalue weighted by atomic mass is 127. The molecule has 0 bridgehead atoms. The predicted molar refractivity (Wildman–Crippen MR) is 121 cm³/mol. The molecule has 7 heteroatoms. The maximum atomic E-state index is 5.76. The van der Waals surface area contributed by atoms with Gasteiger partial charge in [0.25, 0.3) is 0 Å². The van der Waals surface area contributed by atoms with Crippen molar-refractivity contribution in [2.45, 2.75) is 63.5 Å². The zero-order chi connectivity index (χ0) is 18.0. The van der Waals surface area contributed by atoms with Gasteiger partial charge >= 0.3 is 0 Å². The predicted octanol–water partition coefficient (Wildman–Crippen LogP) is 2.62. The van der Waals surface area contributed by atoms with Crippen molar-refractivity contribution in [2.24, 2.45) is 10.9 Å². The standard InChI is InChI=1S/C20H38N4O2.HI/c1-21-20(22-10-4-13-25-15-17-9-14-26-16-17)23-18-7-11-24(12-8-18)19-5-2-3-6-19;/h17-19H,2-16H2,1H3,(H2,21,22,23);1H. The van der Waals surface area contributed by atoms with Crippen LogP contribution in [0.3, 0.4) is 0 Å². The Bertz CT molecular complexity index is 418. The van der Waals surface area contributed by atoms with E-state index in [0.29, 0.717) is 12.0 Å². The molecule has 158 valence electrons. The van der Waals surface area contributed by atoms with E-state index in [-0.39, 0.29) is 24.0 Å². The molecule has 2 N–H and O–H groups in total. The average molecular weight is 494 g/mol. The molecule has 2 saturated heterocycles. The maximum absolute atomic E-state index is 5.76. The van der Waals surface area contributed by atoms with Crippen LogP contribution >= 0.6 is 24.0 Å². The van der Waals surface area contributed by atoms with Crippen LogP contribution < -0.4 is 10.6 Å². The molecular weight excluding hydrogens is 455 g/mol. The number of guanidine groups is 1. The van der Waals surface area contributed by atoms with Crippen LogP contribution in [0.25, 0.3) is 0 Å². The third kappa shape index (κ3) is 8.03. The van der Waals surface area contributed by atoms with Crippen LogP contribution in [-0.2, 0) is 9.47 Å². The number of hydrogen-bond donors (Lipinski definition) is 2. The highest BCUT2D eigenvalue weighted by molar-refractivity contribution is 14.0. The molecular formula is C20H39IN4O2. The van der Waals surface area contributed by atoms with Gasteiger partial charge in [-0.3, -0.25) is 4.99 Å². The Morgan fingerprint density at radius 3 is 2.59 bits per heavy atom. The van der Waals surface area contributed by atoms with Crippen molar-refractivity contribution >= 4 is 29.9 Å². The molecule has 3 fully saturated rings. The number of hydrogen-bond acceptors (Lipinski definition) is 4. The van der Waals surface area contributed by atoms with E-state index in [4.69, 9.17) is 9.47 Å². The molecule has 1 atom stereocenters. The van der Waals surface area contributed by atoms with E-state index in [1.807, 2.05) is 7.05 Å². The van der Waals surface area contributed by atoms with Crippen molar-refractivity contribution in [1.29, 1.82) is 0 Å². The minimum absolute atomic E-state index is 0. The van der Waals surface area contributed by atoms with Crippen molar-refractivity contribution in [3.05, 3.63) is 0 Å². The minimum atomic E-state index is 0. The first kappa shape index (κ1) is 23.2. The highest BCUT2D eigenvalue weighted by Gasteiger charge is 2.27. The van der Waals surface area contributed by atoms with Gasteiger partial charge in [-0.25, -0.2) is 0 Å². The summed E-state index contributed by atoms with van der Waals surface area (Å²) in [5, 5.41) is 7.04. The van der Waals surface area contributed by atoms with E-state index in [0.717, 1.165) is 57.8 Å². The van der Waals surface area contributed by atoms with E-state index in [1.54, 1.807) is 0 Å². The van der Waals surface area contributed by atoms with Gasteiger partial charge in [0, 0.05) is 57.9 Å². The van der Waals surface area contributed by atoms with Crippen molar-refractivity contribution in [3.8, 4) is 0 Å². The van der Waals surface area contributed by atoms with Crippen LogP contribution in [0.2, 0.25) is 0 Å². The van der Waals surface area contributed by atoms with Crippen LogP contribution in [0.5, 0.6) is 0 Å². The summed E-state index contributed by atoms with van der Waals surface area (Å²) < 4.78 is 11.1. The van der Waals surface area contributed by atoms with Crippen LogP contribution in [0.15, 0.2) is 4.99 Å². The lowest BCUT2D eigenvalue weighted by Gasteiger charge is -2.36. The summed E-state index contributed by atoms with van der Waals surface area (Å²) in [6.45, 7) is 6.79. The van der Waals surface area contributed by atoms with Gasteiger partial charge in [0.15, 0.2) is 5.96 Å². The monoisotopic (exact) mass is 494 g/mol. The molecule has 0 radical (unpaired) electrons. The molecule has 3 rings (SSSR count). The second-order valence-corrected chi connectivity index (χ2v) is 8.05. The summed E-state index contributed by atoms with van der Waals surface area (Å²) >= 11 is 0. The normalized spacial score (nSPS) is 25.5. The third-order valence-corrected chi connectivity index (χ3v) is 6.07. The van der Waals surface area contributed by atoms with Crippen molar-refractivity contribution in [2.75, 3.05) is 53.1 Å². The molecule has 27 heavy (non-hydrogen) atoms. The van der Waals surface area contributed by atoms with Crippen molar-refractivity contribution in [3.63, 3.8) is 0 Å². The average Bonchev–Trinajstić information content (AvgIpc) is 3.38. The molecule has 0 aromatic carbocycles. The zero-order valence-corrected chi connectivity index (χ0v) is 19.3. The van der Waals surface area contributed by atoms with E-state index >= 15 is 0 Å². The summed E-state index contributed by atoms with van der Waals surface area (Å²) in [4.78, 5) is 7.10. The SMILES string of the molecule is CN=C(NCCCOCC1CCOC1)NC1CCN(C2CCCC2)CC1.I. The molecule has 1 aliphatic carbocycles. The van der Waals surface area contributed by atoms with Crippen molar-refractivity contribution in [1.82, 2.24) is 15.5 Å². The van der Waals surface area contributed by atoms with Gasteiger partial charge < -0.3 is 25.0 Å². The molecule has 1 saturated carbocycles. The number of likely N-dealkylation sites (tertiary alicyclic amines) is 1. The van der Waals surface area contributed by atoms with Gasteiger partial charge in [0.2, 0.25) is 0 Å². The summed E-state index contributed by atoms with van der Waals surface area (Å²) in [5.41, 5.74) is 0. The minimum Gasteiger partial charge on any atom is -0.381 e. The molecule has 0 amide bonds. The first-order chi connectivity index (χ1) is 12.8. The lowest BCUT2D eigenvalue weighted by atomic mass is 10.0. The quantitative estimate of drug-likeness (QED) is 0.235. The van der Waals surface area contributed by atoms with E-state index in [2.05, 4.69) is 20.5 Å². The fourth-order valence-electron chi connectivity index (χ4n) is 4.41. The number of nitrogens with one attached hydrogen (secondary N) is 2. The highest BCUT2D eigenvalue weighted by Crippen LogP contribution is 2.26. The smallest absolute Gasteiger partial charge is 0.191 e. The molecule has 1 unspecified atom stereocenters. The Hall–Kier alpha value is -0.120. The number of piperidine rings is 1. The van der Waals surface area contributed by atoms with Gasteiger partial charge in [-0.05, 0) is 38.5 Å². The topological polar surface area (TPSA) is 58.1 Å². The van der Waals surface area contributed by atoms with Crippen molar-refractivity contribution < 1.29 is 9.47 Å². The van der Waals surface area contributed by atoms with E-state index in [9.17, 15) is 0 Å². The number of nitrogens with zero attached hydrogens (tertiary/aromatic N) is 2. The molecule has 6 nitrogen and oxygen atoms in total. The molecule has 2 aliphatic heterocycles. The fourth-order valence-corrected chi connectivity index (χ4v) is 4.41. The van der Waals surface area contributed by atoms with Crippen LogP contribution in [-0.4, -0.2) is 76.1 Å². The molecule has 3 aliphatic rings. The molecule has 0 aromatic rings. The molecule has 0 aromatic heterocycles. The number of rotatable bonds is 8. The van der Waals surface area contributed by atoms with Gasteiger partial charge in [-0.15, -0.1) is 24.0 Å².